The molecule has 0 saturated carbocycles. The molecule has 3 rings (SSSR count). The number of fused-ring (bicyclic) bond motifs is 1. The number of amides is 1. The Labute approximate surface area is 116 Å². The smallest absolute Gasteiger partial charge is 0.224 e. The van der Waals surface area contributed by atoms with E-state index in [4.69, 9.17) is 4.74 Å². The molecular formula is C13H15NO5S. The maximum Gasteiger partial charge on any atom is 0.224 e. The molecule has 1 saturated heterocycles. The first kappa shape index (κ1) is 13.4. The Morgan fingerprint density at radius 3 is 2.75 bits per heavy atom. The van der Waals surface area contributed by atoms with Crippen LogP contribution in [-0.2, 0) is 21.1 Å². The highest BCUT2D eigenvalue weighted by Crippen LogP contribution is 2.28. The van der Waals surface area contributed by atoms with Gasteiger partial charge in [0.1, 0.15) is 18.0 Å². The van der Waals surface area contributed by atoms with Crippen molar-refractivity contribution in [3.05, 3.63) is 23.8 Å². The minimum absolute atomic E-state index is 0.0107. The fourth-order valence-electron chi connectivity index (χ4n) is 2.52. The topological polar surface area (TPSA) is 92.7 Å². The van der Waals surface area contributed by atoms with Crippen LogP contribution >= 0.6 is 0 Å². The number of rotatable bonds is 2. The molecule has 20 heavy (non-hydrogen) atoms. The van der Waals surface area contributed by atoms with Gasteiger partial charge in [-0.25, -0.2) is 8.42 Å². The maximum atomic E-state index is 11.4. The van der Waals surface area contributed by atoms with E-state index in [1.54, 1.807) is 18.2 Å². The second kappa shape index (κ2) is 4.75. The molecule has 2 heterocycles. The first-order valence-electron chi connectivity index (χ1n) is 6.41. The van der Waals surface area contributed by atoms with Crippen LogP contribution in [0.4, 0.5) is 5.69 Å². The number of hydrogen-bond donors (Lipinski definition) is 2. The van der Waals surface area contributed by atoms with Gasteiger partial charge >= 0.3 is 0 Å². The van der Waals surface area contributed by atoms with Gasteiger partial charge in [0.2, 0.25) is 5.91 Å². The molecule has 1 aromatic rings. The molecule has 2 atom stereocenters. The summed E-state index contributed by atoms with van der Waals surface area (Å²) < 4.78 is 28.4. The number of ether oxygens (including phenoxy) is 1. The van der Waals surface area contributed by atoms with Crippen LogP contribution in [0.3, 0.4) is 0 Å². The number of aliphatic hydroxyl groups is 1. The second-order valence-electron chi connectivity index (χ2n) is 5.17. The predicted octanol–water partition coefficient (Wildman–Crippen LogP) is 0.108. The van der Waals surface area contributed by atoms with E-state index in [0.29, 0.717) is 18.6 Å². The zero-order chi connectivity index (χ0) is 14.3. The number of sulfone groups is 1. The lowest BCUT2D eigenvalue weighted by Crippen LogP contribution is -2.29. The first-order chi connectivity index (χ1) is 9.43. The Morgan fingerprint density at radius 1 is 1.25 bits per heavy atom. The van der Waals surface area contributed by atoms with Gasteiger partial charge in [-0.1, -0.05) is 0 Å². The number of aliphatic hydroxyl groups excluding tert-OH is 1. The Bertz CT molecular complexity index is 655. The molecule has 2 aliphatic heterocycles. The third kappa shape index (κ3) is 2.64. The summed E-state index contributed by atoms with van der Waals surface area (Å²) in [5.41, 5.74) is 1.71. The molecular weight excluding hydrogens is 282 g/mol. The molecule has 7 heteroatoms. The summed E-state index contributed by atoms with van der Waals surface area (Å²) in [5, 5.41) is 12.5. The minimum Gasteiger partial charge on any atom is -0.487 e. The Hall–Kier alpha value is -1.60. The number of aryl methyl sites for hydroxylation is 1. The Morgan fingerprint density at radius 2 is 2.05 bits per heavy atom. The molecule has 108 valence electrons. The van der Waals surface area contributed by atoms with Gasteiger partial charge in [-0.2, -0.15) is 0 Å². The quantitative estimate of drug-likeness (QED) is 0.808. The standard InChI is InChI=1S/C13H15NO5S/c15-11-6-20(17,18)7-12(11)19-9-2-3-10-8(5-9)1-4-13(16)14-10/h2-3,5,11-12,15H,1,4,6-7H2,(H,14,16). The molecule has 0 bridgehead atoms. The van der Waals surface area contributed by atoms with Crippen molar-refractivity contribution < 1.29 is 23.1 Å². The van der Waals surface area contributed by atoms with E-state index in [-0.39, 0.29) is 17.4 Å². The van der Waals surface area contributed by atoms with Crippen LogP contribution in [0.5, 0.6) is 5.75 Å². The predicted molar refractivity (Wildman–Crippen MR) is 72.5 cm³/mol. The zero-order valence-electron chi connectivity index (χ0n) is 10.7. The number of carbonyl (C=O) groups is 1. The number of hydrogen-bond acceptors (Lipinski definition) is 5. The minimum atomic E-state index is -3.22. The number of benzene rings is 1. The van der Waals surface area contributed by atoms with Crippen molar-refractivity contribution in [2.45, 2.75) is 25.0 Å². The molecule has 2 N–H and O–H groups in total. The lowest BCUT2D eigenvalue weighted by atomic mass is 10.0. The van der Waals surface area contributed by atoms with Crippen LogP contribution in [0.1, 0.15) is 12.0 Å². The van der Waals surface area contributed by atoms with Gasteiger partial charge in [-0.3, -0.25) is 4.79 Å². The van der Waals surface area contributed by atoms with Crippen LogP contribution in [0.25, 0.3) is 0 Å². The molecule has 2 unspecified atom stereocenters. The summed E-state index contributed by atoms with van der Waals surface area (Å²) in [4.78, 5) is 11.3. The molecule has 0 radical (unpaired) electrons. The van der Waals surface area contributed by atoms with Gasteiger partial charge in [0.25, 0.3) is 0 Å². The first-order valence-corrected chi connectivity index (χ1v) is 8.23. The highest BCUT2D eigenvalue weighted by Gasteiger charge is 2.38. The number of carbonyl (C=O) groups excluding carboxylic acids is 1. The average molecular weight is 297 g/mol. The maximum absolute atomic E-state index is 11.4. The molecule has 2 aliphatic rings. The fourth-order valence-corrected chi connectivity index (χ4v) is 4.18. The third-order valence-electron chi connectivity index (χ3n) is 3.53. The van der Waals surface area contributed by atoms with Gasteiger partial charge in [0, 0.05) is 12.1 Å². The van der Waals surface area contributed by atoms with E-state index in [1.165, 1.54) is 0 Å². The summed E-state index contributed by atoms with van der Waals surface area (Å²) in [6.45, 7) is 0. The molecule has 6 nitrogen and oxygen atoms in total. The molecule has 0 spiro atoms. The zero-order valence-corrected chi connectivity index (χ0v) is 11.5. The van der Waals surface area contributed by atoms with Crippen molar-refractivity contribution in [3.63, 3.8) is 0 Å². The summed E-state index contributed by atoms with van der Waals surface area (Å²) in [6, 6.07) is 5.19. The summed E-state index contributed by atoms with van der Waals surface area (Å²) in [5.74, 6) is 0.0882. The summed E-state index contributed by atoms with van der Waals surface area (Å²) >= 11 is 0. The van der Waals surface area contributed by atoms with Gasteiger partial charge in [0.15, 0.2) is 9.84 Å². The van der Waals surface area contributed by atoms with Crippen molar-refractivity contribution in [1.82, 2.24) is 0 Å². The van der Waals surface area contributed by atoms with E-state index in [9.17, 15) is 18.3 Å². The molecule has 0 aliphatic carbocycles. The summed E-state index contributed by atoms with van der Waals surface area (Å²) in [7, 11) is -3.22. The lowest BCUT2D eigenvalue weighted by Gasteiger charge is -2.20. The SMILES string of the molecule is O=C1CCc2cc(OC3CS(=O)(=O)CC3O)ccc2N1. The second-order valence-corrected chi connectivity index (χ2v) is 7.32. The van der Waals surface area contributed by atoms with E-state index in [1.807, 2.05) is 0 Å². The van der Waals surface area contributed by atoms with Gasteiger partial charge in [0.05, 0.1) is 11.5 Å². The average Bonchev–Trinajstić information content (AvgIpc) is 2.62. The van der Waals surface area contributed by atoms with Crippen molar-refractivity contribution >= 4 is 21.4 Å². The molecule has 0 aromatic heterocycles. The van der Waals surface area contributed by atoms with Crippen LogP contribution in [0.2, 0.25) is 0 Å². The van der Waals surface area contributed by atoms with Crippen molar-refractivity contribution in [3.8, 4) is 5.75 Å². The largest absolute Gasteiger partial charge is 0.487 e. The van der Waals surface area contributed by atoms with E-state index in [2.05, 4.69) is 5.32 Å². The van der Waals surface area contributed by atoms with Gasteiger partial charge in [-0.15, -0.1) is 0 Å². The Kier molecular flexibility index (Phi) is 3.18. The van der Waals surface area contributed by atoms with Crippen LogP contribution < -0.4 is 10.1 Å². The molecule has 1 amide bonds. The van der Waals surface area contributed by atoms with Crippen molar-refractivity contribution in [2.75, 3.05) is 16.8 Å². The number of nitrogens with one attached hydrogen (secondary N) is 1. The van der Waals surface area contributed by atoms with E-state index in [0.717, 1.165) is 11.3 Å². The van der Waals surface area contributed by atoms with E-state index >= 15 is 0 Å². The lowest BCUT2D eigenvalue weighted by molar-refractivity contribution is -0.116. The number of anilines is 1. The van der Waals surface area contributed by atoms with Crippen molar-refractivity contribution in [2.24, 2.45) is 0 Å². The fraction of sp³-hybridized carbons (Fsp3) is 0.462. The monoisotopic (exact) mass is 297 g/mol. The Balaban J connectivity index is 1.77. The van der Waals surface area contributed by atoms with Crippen LogP contribution in [-0.4, -0.2) is 43.1 Å². The summed E-state index contributed by atoms with van der Waals surface area (Å²) in [6.07, 6.45) is -0.659. The van der Waals surface area contributed by atoms with Crippen molar-refractivity contribution in [1.29, 1.82) is 0 Å². The van der Waals surface area contributed by atoms with Gasteiger partial charge < -0.3 is 15.2 Å². The highest BCUT2D eigenvalue weighted by atomic mass is 32.2. The normalized spacial score (nSPS) is 27.8. The van der Waals surface area contributed by atoms with Crippen LogP contribution in [0, 0.1) is 0 Å². The molecule has 1 fully saturated rings. The van der Waals surface area contributed by atoms with E-state index < -0.39 is 22.0 Å². The highest BCUT2D eigenvalue weighted by molar-refractivity contribution is 7.91. The van der Waals surface area contributed by atoms with Crippen LogP contribution in [0.15, 0.2) is 18.2 Å². The van der Waals surface area contributed by atoms with Gasteiger partial charge in [-0.05, 0) is 30.2 Å². The third-order valence-corrected chi connectivity index (χ3v) is 5.22. The molecule has 1 aromatic carbocycles.